The second-order valence-corrected chi connectivity index (χ2v) is 4.33. The van der Waals surface area contributed by atoms with Gasteiger partial charge in [-0.05, 0) is 13.0 Å². The first-order chi connectivity index (χ1) is 9.27. The van der Waals surface area contributed by atoms with Crippen LogP contribution in [-0.4, -0.2) is 64.6 Å². The summed E-state index contributed by atoms with van der Waals surface area (Å²) in [5, 5.41) is 12.2. The van der Waals surface area contributed by atoms with Crippen LogP contribution in [0.3, 0.4) is 0 Å². The molecule has 2 heterocycles. The Morgan fingerprint density at radius 2 is 2.26 bits per heavy atom. The largest absolute Gasteiger partial charge is 0.347 e. The van der Waals surface area contributed by atoms with E-state index in [1.54, 1.807) is 4.90 Å². The standard InChI is InChI=1S/C11H18N6O2/c18-10(13-4-2-9-14-8-15-16-9)11(19)17-6-1-3-12-5-7-17/h8,12H,1-7H2,(H,13,18)(H,14,15,16). The fraction of sp³-hybridized carbons (Fsp3) is 0.636. The molecule has 104 valence electrons. The summed E-state index contributed by atoms with van der Waals surface area (Å²) in [7, 11) is 0. The van der Waals surface area contributed by atoms with Crippen LogP contribution in [-0.2, 0) is 16.0 Å². The molecule has 8 nitrogen and oxygen atoms in total. The molecule has 0 spiro atoms. The van der Waals surface area contributed by atoms with Crippen molar-refractivity contribution >= 4 is 11.8 Å². The molecular weight excluding hydrogens is 248 g/mol. The van der Waals surface area contributed by atoms with Crippen LogP contribution in [0.5, 0.6) is 0 Å². The molecule has 0 aliphatic carbocycles. The Bertz CT molecular complexity index is 411. The smallest absolute Gasteiger partial charge is 0.311 e. The minimum Gasteiger partial charge on any atom is -0.347 e. The van der Waals surface area contributed by atoms with Crippen LogP contribution < -0.4 is 10.6 Å². The van der Waals surface area contributed by atoms with E-state index in [2.05, 4.69) is 25.8 Å². The lowest BCUT2D eigenvalue weighted by Crippen LogP contribution is -2.44. The molecule has 0 unspecified atom stereocenters. The number of hydrogen-bond acceptors (Lipinski definition) is 5. The fourth-order valence-electron chi connectivity index (χ4n) is 1.91. The first kappa shape index (κ1) is 13.5. The van der Waals surface area contributed by atoms with Gasteiger partial charge in [0.2, 0.25) is 0 Å². The lowest BCUT2D eigenvalue weighted by atomic mass is 10.3. The SMILES string of the molecule is O=C(NCCc1ncn[nH]1)C(=O)N1CCCNCC1. The lowest BCUT2D eigenvalue weighted by molar-refractivity contribution is -0.145. The number of aromatic nitrogens is 3. The van der Waals surface area contributed by atoms with Gasteiger partial charge in [0.1, 0.15) is 12.2 Å². The molecule has 1 fully saturated rings. The molecule has 2 rings (SSSR count). The molecule has 1 aliphatic heterocycles. The molecule has 0 saturated carbocycles. The van der Waals surface area contributed by atoms with Gasteiger partial charge >= 0.3 is 11.8 Å². The molecule has 0 radical (unpaired) electrons. The van der Waals surface area contributed by atoms with Crippen LogP contribution in [0.2, 0.25) is 0 Å². The van der Waals surface area contributed by atoms with Gasteiger partial charge in [-0.3, -0.25) is 14.7 Å². The molecule has 8 heteroatoms. The average molecular weight is 266 g/mol. The zero-order valence-corrected chi connectivity index (χ0v) is 10.7. The van der Waals surface area contributed by atoms with Crippen LogP contribution in [0.1, 0.15) is 12.2 Å². The van der Waals surface area contributed by atoms with E-state index in [0.717, 1.165) is 19.5 Å². The second kappa shape index (κ2) is 6.83. The van der Waals surface area contributed by atoms with Gasteiger partial charge in [-0.15, -0.1) is 0 Å². The summed E-state index contributed by atoms with van der Waals surface area (Å²) in [4.78, 5) is 29.1. The Kier molecular flexibility index (Phi) is 4.85. The third-order valence-electron chi connectivity index (χ3n) is 2.93. The number of nitrogens with one attached hydrogen (secondary N) is 3. The summed E-state index contributed by atoms with van der Waals surface area (Å²) < 4.78 is 0. The molecular formula is C11H18N6O2. The van der Waals surface area contributed by atoms with Crippen LogP contribution in [0.4, 0.5) is 0 Å². The minimum absolute atomic E-state index is 0.367. The van der Waals surface area contributed by atoms with Crippen molar-refractivity contribution in [1.82, 2.24) is 30.7 Å². The highest BCUT2D eigenvalue weighted by Crippen LogP contribution is 1.96. The molecule has 3 N–H and O–H groups in total. The van der Waals surface area contributed by atoms with Gasteiger partial charge < -0.3 is 15.5 Å². The van der Waals surface area contributed by atoms with E-state index in [4.69, 9.17) is 0 Å². The van der Waals surface area contributed by atoms with E-state index in [-0.39, 0.29) is 0 Å². The van der Waals surface area contributed by atoms with Crippen molar-refractivity contribution in [2.24, 2.45) is 0 Å². The molecule has 0 bridgehead atoms. The predicted molar refractivity (Wildman–Crippen MR) is 67.2 cm³/mol. The zero-order chi connectivity index (χ0) is 13.5. The molecule has 0 atom stereocenters. The molecule has 19 heavy (non-hydrogen) atoms. The Morgan fingerprint density at radius 1 is 1.37 bits per heavy atom. The first-order valence-corrected chi connectivity index (χ1v) is 6.39. The quantitative estimate of drug-likeness (QED) is 0.565. The van der Waals surface area contributed by atoms with Crippen LogP contribution >= 0.6 is 0 Å². The highest BCUT2D eigenvalue weighted by atomic mass is 16.2. The molecule has 1 saturated heterocycles. The number of carbonyl (C=O) groups excluding carboxylic acids is 2. The Morgan fingerprint density at radius 3 is 3.05 bits per heavy atom. The van der Waals surface area contributed by atoms with Crippen molar-refractivity contribution in [2.75, 3.05) is 32.7 Å². The number of nitrogens with zero attached hydrogens (tertiary/aromatic N) is 3. The maximum atomic E-state index is 11.9. The number of amides is 2. The van der Waals surface area contributed by atoms with Gasteiger partial charge in [-0.25, -0.2) is 4.98 Å². The third kappa shape index (κ3) is 4.02. The molecule has 1 aliphatic rings. The monoisotopic (exact) mass is 266 g/mol. The average Bonchev–Trinajstić information content (AvgIpc) is 2.78. The molecule has 1 aromatic heterocycles. The zero-order valence-electron chi connectivity index (χ0n) is 10.7. The molecule has 0 aromatic carbocycles. The molecule has 2 amide bonds. The van der Waals surface area contributed by atoms with E-state index in [0.29, 0.717) is 31.9 Å². The summed E-state index contributed by atoms with van der Waals surface area (Å²) in [5.74, 6) is -0.325. The summed E-state index contributed by atoms with van der Waals surface area (Å²) in [5.41, 5.74) is 0. The first-order valence-electron chi connectivity index (χ1n) is 6.39. The predicted octanol–water partition coefficient (Wildman–Crippen LogP) is -1.71. The highest BCUT2D eigenvalue weighted by Gasteiger charge is 2.21. The summed E-state index contributed by atoms with van der Waals surface area (Å²) >= 11 is 0. The van der Waals surface area contributed by atoms with Gasteiger partial charge in [0, 0.05) is 32.6 Å². The summed E-state index contributed by atoms with van der Waals surface area (Å²) in [6.07, 6.45) is 2.81. The number of hydrogen-bond donors (Lipinski definition) is 3. The summed E-state index contributed by atoms with van der Waals surface area (Å²) in [6.45, 7) is 3.19. The third-order valence-corrected chi connectivity index (χ3v) is 2.93. The van der Waals surface area contributed by atoms with E-state index in [9.17, 15) is 9.59 Å². The number of rotatable bonds is 3. The van der Waals surface area contributed by atoms with Gasteiger partial charge in [0.25, 0.3) is 0 Å². The topological polar surface area (TPSA) is 103 Å². The van der Waals surface area contributed by atoms with E-state index in [1.165, 1.54) is 6.33 Å². The van der Waals surface area contributed by atoms with Crippen molar-refractivity contribution in [2.45, 2.75) is 12.8 Å². The second-order valence-electron chi connectivity index (χ2n) is 4.33. The Balaban J connectivity index is 1.73. The van der Waals surface area contributed by atoms with Gasteiger partial charge in [-0.1, -0.05) is 0 Å². The number of aromatic amines is 1. The highest BCUT2D eigenvalue weighted by molar-refractivity contribution is 6.35. The van der Waals surface area contributed by atoms with Crippen LogP contribution in [0.15, 0.2) is 6.33 Å². The number of H-pyrrole nitrogens is 1. The maximum Gasteiger partial charge on any atom is 0.311 e. The van der Waals surface area contributed by atoms with Gasteiger partial charge in [0.05, 0.1) is 0 Å². The Labute approximate surface area is 111 Å². The fourth-order valence-corrected chi connectivity index (χ4v) is 1.91. The minimum atomic E-state index is -0.554. The van der Waals surface area contributed by atoms with E-state index >= 15 is 0 Å². The van der Waals surface area contributed by atoms with Gasteiger partial charge in [0.15, 0.2) is 0 Å². The van der Waals surface area contributed by atoms with Gasteiger partial charge in [-0.2, -0.15) is 5.10 Å². The maximum absolute atomic E-state index is 11.9. The van der Waals surface area contributed by atoms with E-state index < -0.39 is 11.8 Å². The van der Waals surface area contributed by atoms with E-state index in [1.807, 2.05) is 0 Å². The number of carbonyl (C=O) groups is 2. The van der Waals surface area contributed by atoms with Crippen molar-refractivity contribution in [3.05, 3.63) is 12.2 Å². The van der Waals surface area contributed by atoms with Crippen molar-refractivity contribution in [1.29, 1.82) is 0 Å². The van der Waals surface area contributed by atoms with Crippen LogP contribution in [0, 0.1) is 0 Å². The van der Waals surface area contributed by atoms with Crippen molar-refractivity contribution in [3.63, 3.8) is 0 Å². The molecule has 1 aromatic rings. The van der Waals surface area contributed by atoms with Crippen molar-refractivity contribution < 1.29 is 9.59 Å². The lowest BCUT2D eigenvalue weighted by Gasteiger charge is -2.18. The summed E-state index contributed by atoms with van der Waals surface area (Å²) in [6, 6.07) is 0. The Hall–Kier alpha value is -1.96. The normalized spacial score (nSPS) is 15.9. The van der Waals surface area contributed by atoms with Crippen molar-refractivity contribution in [3.8, 4) is 0 Å². The van der Waals surface area contributed by atoms with Crippen LogP contribution in [0.25, 0.3) is 0 Å².